The van der Waals surface area contributed by atoms with Gasteiger partial charge in [0.2, 0.25) is 5.91 Å². The third-order valence-electron chi connectivity index (χ3n) is 2.78. The second kappa shape index (κ2) is 5.38. The lowest BCUT2D eigenvalue weighted by atomic mass is 10.1. The molecule has 0 bridgehead atoms. The minimum absolute atomic E-state index is 0.0164. The van der Waals surface area contributed by atoms with Gasteiger partial charge in [0, 0.05) is 0 Å². The van der Waals surface area contributed by atoms with E-state index in [2.05, 4.69) is 21.2 Å². The second-order valence-electron chi connectivity index (χ2n) is 4.17. The van der Waals surface area contributed by atoms with Crippen LogP contribution in [0.4, 0.5) is 5.69 Å². The summed E-state index contributed by atoms with van der Waals surface area (Å²) in [5.74, 6) is -0.0896. The predicted molar refractivity (Wildman–Crippen MR) is 71.3 cm³/mol. The van der Waals surface area contributed by atoms with Crippen LogP contribution >= 0.6 is 27.5 Å². The van der Waals surface area contributed by atoms with Crippen LogP contribution in [0.3, 0.4) is 0 Å². The van der Waals surface area contributed by atoms with Crippen molar-refractivity contribution in [2.24, 2.45) is 5.92 Å². The third kappa shape index (κ3) is 3.00. The van der Waals surface area contributed by atoms with Gasteiger partial charge in [-0.3, -0.25) is 4.79 Å². The summed E-state index contributed by atoms with van der Waals surface area (Å²) in [7, 11) is 0. The largest absolute Gasteiger partial charge is 0.378 e. The molecule has 1 aromatic rings. The molecular weight excluding hydrogens is 305 g/mol. The molecule has 5 heteroatoms. The Hall–Kier alpha value is -0.580. The molecule has 1 aliphatic heterocycles. The molecule has 92 valence electrons. The quantitative estimate of drug-likeness (QED) is 0.907. The van der Waals surface area contributed by atoms with Gasteiger partial charge in [-0.25, -0.2) is 0 Å². The second-order valence-corrected chi connectivity index (χ2v) is 5.37. The van der Waals surface area contributed by atoms with E-state index in [4.69, 9.17) is 16.3 Å². The Morgan fingerprint density at radius 2 is 2.35 bits per heavy atom. The molecule has 17 heavy (non-hydrogen) atoms. The van der Waals surface area contributed by atoms with Gasteiger partial charge >= 0.3 is 0 Å². The molecule has 0 aromatic heterocycles. The zero-order chi connectivity index (χ0) is 12.4. The van der Waals surface area contributed by atoms with Crippen LogP contribution in [0.15, 0.2) is 22.7 Å². The highest BCUT2D eigenvalue weighted by Gasteiger charge is 2.28. The highest BCUT2D eigenvalue weighted by Crippen LogP contribution is 2.31. The first-order chi connectivity index (χ1) is 8.08. The molecule has 1 heterocycles. The van der Waals surface area contributed by atoms with Crippen molar-refractivity contribution in [3.8, 4) is 0 Å². The summed E-state index contributed by atoms with van der Waals surface area (Å²) in [6, 6.07) is 5.38. The van der Waals surface area contributed by atoms with E-state index in [1.165, 1.54) is 0 Å². The number of anilines is 1. The number of halogens is 2. The summed E-state index contributed by atoms with van der Waals surface area (Å²) in [6.07, 6.45) is 0.929. The Balaban J connectivity index is 2.06. The molecule has 3 nitrogen and oxygen atoms in total. The van der Waals surface area contributed by atoms with Gasteiger partial charge in [0.05, 0.1) is 33.8 Å². The molecule has 1 fully saturated rings. The highest BCUT2D eigenvalue weighted by molar-refractivity contribution is 9.10. The summed E-state index contributed by atoms with van der Waals surface area (Å²) < 4.78 is 6.09. The van der Waals surface area contributed by atoms with Crippen LogP contribution in [-0.4, -0.2) is 18.6 Å². The van der Waals surface area contributed by atoms with Crippen molar-refractivity contribution in [3.63, 3.8) is 0 Å². The number of amides is 1. The van der Waals surface area contributed by atoms with Gasteiger partial charge in [-0.2, -0.15) is 0 Å². The number of carbonyl (C=O) groups excluding carboxylic acids is 1. The fourth-order valence-electron chi connectivity index (χ4n) is 1.84. The van der Waals surface area contributed by atoms with Crippen molar-refractivity contribution in [1.82, 2.24) is 0 Å². The van der Waals surface area contributed by atoms with E-state index in [0.29, 0.717) is 21.8 Å². The number of nitrogens with one attached hydrogen (secondary N) is 1. The summed E-state index contributed by atoms with van der Waals surface area (Å²) in [5, 5.41) is 3.45. The molecule has 1 saturated heterocycles. The minimum Gasteiger partial charge on any atom is -0.378 e. The summed E-state index contributed by atoms with van der Waals surface area (Å²) in [6.45, 7) is 2.47. The van der Waals surface area contributed by atoms with E-state index < -0.39 is 0 Å². The molecule has 1 aliphatic rings. The molecule has 2 unspecified atom stereocenters. The molecule has 0 aliphatic carbocycles. The molecule has 1 N–H and O–H groups in total. The number of rotatable bonds is 2. The Bertz CT molecular complexity index is 439. The van der Waals surface area contributed by atoms with E-state index in [9.17, 15) is 4.79 Å². The van der Waals surface area contributed by atoms with E-state index in [1.54, 1.807) is 12.1 Å². The first kappa shape index (κ1) is 12.9. The van der Waals surface area contributed by atoms with E-state index in [0.717, 1.165) is 6.42 Å². The maximum absolute atomic E-state index is 12.0. The summed E-state index contributed by atoms with van der Waals surface area (Å²) >= 11 is 9.31. The van der Waals surface area contributed by atoms with Crippen LogP contribution in [0.25, 0.3) is 0 Å². The van der Waals surface area contributed by atoms with Gasteiger partial charge < -0.3 is 10.1 Å². The SMILES string of the molecule is CC1CC(C(=O)Nc2cccc(Cl)c2Br)CO1. The smallest absolute Gasteiger partial charge is 0.229 e. The van der Waals surface area contributed by atoms with Crippen molar-refractivity contribution < 1.29 is 9.53 Å². The molecule has 1 amide bonds. The normalized spacial score (nSPS) is 23.7. The fraction of sp³-hybridized carbons (Fsp3) is 0.417. The van der Waals surface area contributed by atoms with E-state index in [-0.39, 0.29) is 17.9 Å². The molecule has 0 saturated carbocycles. The Morgan fingerprint density at radius 1 is 1.59 bits per heavy atom. The molecule has 0 radical (unpaired) electrons. The third-order valence-corrected chi connectivity index (χ3v) is 4.18. The van der Waals surface area contributed by atoms with Gasteiger partial charge in [0.25, 0.3) is 0 Å². The monoisotopic (exact) mass is 317 g/mol. The zero-order valence-electron chi connectivity index (χ0n) is 9.37. The van der Waals surface area contributed by atoms with Gasteiger partial charge in [-0.1, -0.05) is 17.7 Å². The molecule has 2 rings (SSSR count). The molecule has 1 aromatic carbocycles. The van der Waals surface area contributed by atoms with Gasteiger partial charge in [0.1, 0.15) is 0 Å². The molecule has 0 spiro atoms. The van der Waals surface area contributed by atoms with E-state index in [1.807, 2.05) is 13.0 Å². The van der Waals surface area contributed by atoms with Crippen LogP contribution in [0, 0.1) is 5.92 Å². The van der Waals surface area contributed by atoms with Crippen molar-refractivity contribution in [2.75, 3.05) is 11.9 Å². The number of ether oxygens (including phenoxy) is 1. The lowest BCUT2D eigenvalue weighted by Gasteiger charge is -2.11. The average Bonchev–Trinajstić information content (AvgIpc) is 2.72. The van der Waals surface area contributed by atoms with Crippen LogP contribution < -0.4 is 5.32 Å². The molecular formula is C12H13BrClNO2. The zero-order valence-corrected chi connectivity index (χ0v) is 11.7. The van der Waals surface area contributed by atoms with Crippen molar-refractivity contribution in [1.29, 1.82) is 0 Å². The first-order valence-corrected chi connectivity index (χ1v) is 6.61. The topological polar surface area (TPSA) is 38.3 Å². The summed E-state index contributed by atoms with van der Waals surface area (Å²) in [4.78, 5) is 12.0. The number of hydrogen-bond donors (Lipinski definition) is 1. The lowest BCUT2D eigenvalue weighted by Crippen LogP contribution is -2.23. The summed E-state index contributed by atoms with van der Waals surface area (Å²) in [5.41, 5.74) is 0.696. The Morgan fingerprint density at radius 3 is 3.00 bits per heavy atom. The predicted octanol–water partition coefficient (Wildman–Crippen LogP) is 3.47. The number of hydrogen-bond acceptors (Lipinski definition) is 2. The van der Waals surface area contributed by atoms with Crippen molar-refractivity contribution in [3.05, 3.63) is 27.7 Å². The van der Waals surface area contributed by atoms with Crippen LogP contribution in [0.1, 0.15) is 13.3 Å². The lowest BCUT2D eigenvalue weighted by molar-refractivity contribution is -0.119. The first-order valence-electron chi connectivity index (χ1n) is 5.44. The van der Waals surface area contributed by atoms with Crippen molar-refractivity contribution >= 4 is 39.1 Å². The van der Waals surface area contributed by atoms with E-state index >= 15 is 0 Å². The Labute approximate surface area is 114 Å². The van der Waals surface area contributed by atoms with Crippen molar-refractivity contribution in [2.45, 2.75) is 19.4 Å². The van der Waals surface area contributed by atoms with Crippen LogP contribution in [-0.2, 0) is 9.53 Å². The van der Waals surface area contributed by atoms with Gasteiger partial charge in [0.15, 0.2) is 0 Å². The fourth-order valence-corrected chi connectivity index (χ4v) is 2.37. The highest BCUT2D eigenvalue weighted by atomic mass is 79.9. The maximum Gasteiger partial charge on any atom is 0.229 e. The maximum atomic E-state index is 12.0. The minimum atomic E-state index is -0.0733. The Kier molecular flexibility index (Phi) is 4.07. The standard InChI is InChI=1S/C12H13BrClNO2/c1-7-5-8(6-17-7)12(16)15-10-4-2-3-9(14)11(10)13/h2-4,7-8H,5-6H2,1H3,(H,15,16). The average molecular weight is 319 g/mol. The number of carbonyl (C=O) groups is 1. The van der Waals surface area contributed by atoms with Gasteiger partial charge in [-0.05, 0) is 41.4 Å². The van der Waals surface area contributed by atoms with Crippen LogP contribution in [0.5, 0.6) is 0 Å². The van der Waals surface area contributed by atoms with Gasteiger partial charge in [-0.15, -0.1) is 0 Å². The van der Waals surface area contributed by atoms with Crippen LogP contribution in [0.2, 0.25) is 5.02 Å². The molecule has 2 atom stereocenters. The number of benzene rings is 1.